The molecule has 0 atom stereocenters. The third-order valence-electron chi connectivity index (χ3n) is 2.88. The number of aromatic nitrogens is 4. The first-order chi connectivity index (χ1) is 8.67. The van der Waals surface area contributed by atoms with Gasteiger partial charge in [-0.25, -0.2) is 15.0 Å². The smallest absolute Gasteiger partial charge is 0.146 e. The highest BCUT2D eigenvalue weighted by Crippen LogP contribution is 2.20. The van der Waals surface area contributed by atoms with E-state index in [0.29, 0.717) is 0 Å². The highest BCUT2D eigenvalue weighted by molar-refractivity contribution is 5.52. The maximum Gasteiger partial charge on any atom is 0.146 e. The van der Waals surface area contributed by atoms with Crippen molar-refractivity contribution in [1.29, 1.82) is 0 Å². The molecule has 0 bridgehead atoms. The van der Waals surface area contributed by atoms with Gasteiger partial charge in [-0.3, -0.25) is 4.57 Å². The van der Waals surface area contributed by atoms with Crippen LogP contribution in [0.25, 0.3) is 5.82 Å². The van der Waals surface area contributed by atoms with Crippen molar-refractivity contribution in [2.24, 2.45) is 0 Å². The lowest BCUT2D eigenvalue weighted by atomic mass is 10.3. The van der Waals surface area contributed by atoms with Crippen molar-refractivity contribution in [3.8, 4) is 5.82 Å². The van der Waals surface area contributed by atoms with Crippen molar-refractivity contribution in [1.82, 2.24) is 19.5 Å². The van der Waals surface area contributed by atoms with Gasteiger partial charge in [0.15, 0.2) is 0 Å². The Bertz CT molecular complexity index is 544. The third-order valence-corrected chi connectivity index (χ3v) is 2.88. The highest BCUT2D eigenvalue weighted by Gasteiger charge is 2.12. The van der Waals surface area contributed by atoms with E-state index in [0.717, 1.165) is 41.8 Å². The largest absolute Gasteiger partial charge is 0.370 e. The summed E-state index contributed by atoms with van der Waals surface area (Å²) < 4.78 is 2.00. The lowest BCUT2D eigenvalue weighted by Crippen LogP contribution is -2.11. The molecule has 0 saturated heterocycles. The average Bonchev–Trinajstić information content (AvgIpc) is 2.78. The van der Waals surface area contributed by atoms with Crippen LogP contribution in [-0.2, 0) is 6.42 Å². The van der Waals surface area contributed by atoms with E-state index < -0.39 is 0 Å². The summed E-state index contributed by atoms with van der Waals surface area (Å²) in [7, 11) is 0. The van der Waals surface area contributed by atoms with Gasteiger partial charge >= 0.3 is 0 Å². The average molecular weight is 245 g/mol. The second kappa shape index (κ2) is 5.16. The minimum absolute atomic E-state index is 0.819. The van der Waals surface area contributed by atoms with Gasteiger partial charge in [0.1, 0.15) is 23.3 Å². The quantitative estimate of drug-likeness (QED) is 0.897. The number of rotatable bonds is 4. The molecular formula is C13H19N5. The zero-order chi connectivity index (χ0) is 13.1. The summed E-state index contributed by atoms with van der Waals surface area (Å²) in [5, 5.41) is 3.29. The molecule has 0 fully saturated rings. The van der Waals surface area contributed by atoms with Gasteiger partial charge in [-0.05, 0) is 20.8 Å². The Hall–Kier alpha value is -1.91. The van der Waals surface area contributed by atoms with E-state index in [1.165, 1.54) is 0 Å². The Morgan fingerprint density at radius 3 is 2.56 bits per heavy atom. The van der Waals surface area contributed by atoms with Crippen LogP contribution in [-0.4, -0.2) is 26.1 Å². The molecule has 18 heavy (non-hydrogen) atoms. The van der Waals surface area contributed by atoms with Gasteiger partial charge in [0, 0.05) is 30.9 Å². The number of nitrogens with zero attached hydrogens (tertiary/aromatic N) is 4. The van der Waals surface area contributed by atoms with Gasteiger partial charge < -0.3 is 5.32 Å². The zero-order valence-electron chi connectivity index (χ0n) is 11.4. The van der Waals surface area contributed by atoms with Crippen LogP contribution >= 0.6 is 0 Å². The van der Waals surface area contributed by atoms with Gasteiger partial charge in [-0.2, -0.15) is 0 Å². The molecule has 96 valence electrons. The number of hydrogen-bond donors (Lipinski definition) is 1. The van der Waals surface area contributed by atoms with E-state index >= 15 is 0 Å². The SMILES string of the molecule is CCNc1nc(CC)nc(-n2ccnc2C)c1C. The van der Waals surface area contributed by atoms with Gasteiger partial charge in [0.2, 0.25) is 0 Å². The molecule has 0 spiro atoms. The molecule has 0 aliphatic carbocycles. The minimum atomic E-state index is 0.819. The zero-order valence-corrected chi connectivity index (χ0v) is 11.4. The second-order valence-corrected chi connectivity index (χ2v) is 4.17. The number of anilines is 1. The van der Waals surface area contributed by atoms with Crippen LogP contribution in [0.5, 0.6) is 0 Å². The van der Waals surface area contributed by atoms with Crippen LogP contribution in [0.2, 0.25) is 0 Å². The first-order valence-corrected chi connectivity index (χ1v) is 6.29. The van der Waals surface area contributed by atoms with Crippen molar-refractivity contribution in [3.63, 3.8) is 0 Å². The summed E-state index contributed by atoms with van der Waals surface area (Å²) in [5.41, 5.74) is 1.05. The maximum atomic E-state index is 4.61. The molecule has 0 amide bonds. The fourth-order valence-corrected chi connectivity index (χ4v) is 1.88. The lowest BCUT2D eigenvalue weighted by molar-refractivity contribution is 0.853. The predicted octanol–water partition coefficient (Wildman–Crippen LogP) is 2.27. The molecule has 0 unspecified atom stereocenters. The summed E-state index contributed by atoms with van der Waals surface area (Å²) in [4.78, 5) is 13.4. The number of aryl methyl sites for hydroxylation is 2. The van der Waals surface area contributed by atoms with Crippen molar-refractivity contribution in [3.05, 3.63) is 29.6 Å². The Labute approximate surface area is 107 Å². The molecule has 0 aromatic carbocycles. The standard InChI is InChI=1S/C13H19N5/c1-5-11-16-12(14-6-2)9(3)13(17-11)18-8-7-15-10(18)4/h7-8H,5-6H2,1-4H3,(H,14,16,17). The monoisotopic (exact) mass is 245 g/mol. The normalized spacial score (nSPS) is 10.7. The van der Waals surface area contributed by atoms with Crippen molar-refractivity contribution >= 4 is 5.82 Å². The van der Waals surface area contributed by atoms with E-state index in [4.69, 9.17) is 0 Å². The maximum absolute atomic E-state index is 4.61. The molecule has 1 N–H and O–H groups in total. The molecule has 0 aliphatic rings. The molecule has 2 heterocycles. The van der Waals surface area contributed by atoms with E-state index in [9.17, 15) is 0 Å². The summed E-state index contributed by atoms with van der Waals surface area (Å²) in [6.07, 6.45) is 4.54. The molecule has 5 heteroatoms. The van der Waals surface area contributed by atoms with Gasteiger partial charge in [0.05, 0.1) is 0 Å². The molecule has 2 aromatic rings. The number of nitrogens with one attached hydrogen (secondary N) is 1. The van der Waals surface area contributed by atoms with Gasteiger partial charge in [-0.15, -0.1) is 0 Å². The fraction of sp³-hybridized carbons (Fsp3) is 0.462. The molecule has 5 nitrogen and oxygen atoms in total. The molecule has 0 radical (unpaired) electrons. The number of hydrogen-bond acceptors (Lipinski definition) is 4. The first-order valence-electron chi connectivity index (χ1n) is 6.29. The van der Waals surface area contributed by atoms with Crippen LogP contribution < -0.4 is 5.32 Å². The molecular weight excluding hydrogens is 226 g/mol. The van der Waals surface area contributed by atoms with Crippen LogP contribution in [0.1, 0.15) is 31.1 Å². The predicted molar refractivity (Wildman–Crippen MR) is 72.2 cm³/mol. The number of imidazole rings is 1. The van der Waals surface area contributed by atoms with Gasteiger partial charge in [0.25, 0.3) is 0 Å². The summed E-state index contributed by atoms with van der Waals surface area (Å²) in [6.45, 7) is 8.98. The van der Waals surface area contributed by atoms with Crippen LogP contribution in [0.4, 0.5) is 5.82 Å². The highest BCUT2D eigenvalue weighted by atomic mass is 15.2. The van der Waals surface area contributed by atoms with E-state index in [-0.39, 0.29) is 0 Å². The van der Waals surface area contributed by atoms with E-state index in [1.807, 2.05) is 24.6 Å². The van der Waals surface area contributed by atoms with Crippen molar-refractivity contribution < 1.29 is 0 Å². The Morgan fingerprint density at radius 2 is 2.00 bits per heavy atom. The topological polar surface area (TPSA) is 55.6 Å². The summed E-state index contributed by atoms with van der Waals surface area (Å²) >= 11 is 0. The lowest BCUT2D eigenvalue weighted by Gasteiger charge is -2.14. The van der Waals surface area contributed by atoms with Crippen LogP contribution in [0, 0.1) is 13.8 Å². The van der Waals surface area contributed by atoms with E-state index in [2.05, 4.69) is 34.1 Å². The van der Waals surface area contributed by atoms with E-state index in [1.54, 1.807) is 6.20 Å². The molecule has 2 aromatic heterocycles. The summed E-state index contributed by atoms with van der Waals surface area (Å²) in [5.74, 6) is 3.60. The Morgan fingerprint density at radius 1 is 1.22 bits per heavy atom. The van der Waals surface area contributed by atoms with Crippen LogP contribution in [0.3, 0.4) is 0 Å². The second-order valence-electron chi connectivity index (χ2n) is 4.17. The molecule has 0 aliphatic heterocycles. The fourth-order valence-electron chi connectivity index (χ4n) is 1.88. The molecule has 0 saturated carbocycles. The van der Waals surface area contributed by atoms with Crippen molar-refractivity contribution in [2.45, 2.75) is 34.1 Å². The third kappa shape index (κ3) is 2.20. The van der Waals surface area contributed by atoms with Crippen LogP contribution in [0.15, 0.2) is 12.4 Å². The summed E-state index contributed by atoms with van der Waals surface area (Å²) in [6, 6.07) is 0. The first kappa shape index (κ1) is 12.5. The minimum Gasteiger partial charge on any atom is -0.370 e. The van der Waals surface area contributed by atoms with Gasteiger partial charge in [-0.1, -0.05) is 6.92 Å². The van der Waals surface area contributed by atoms with Crippen molar-refractivity contribution in [2.75, 3.05) is 11.9 Å². The molecule has 2 rings (SSSR count). The Balaban J connectivity index is 2.59. The Kier molecular flexibility index (Phi) is 3.60.